The number of piperidine rings is 2. The first-order valence-corrected chi connectivity index (χ1v) is 7.99. The second-order valence-electron chi connectivity index (χ2n) is 7.05. The Labute approximate surface area is 117 Å². The maximum Gasteiger partial charge on any atom is 0.0385 e. The van der Waals surface area contributed by atoms with Crippen LogP contribution in [0, 0.1) is 5.92 Å². The Bertz CT molecular complexity index is 319. The highest BCUT2D eigenvalue weighted by atomic mass is 15.3. The maximum atomic E-state index is 6.30. The summed E-state index contributed by atoms with van der Waals surface area (Å²) in [5.41, 5.74) is 6.61. The van der Waals surface area contributed by atoms with E-state index < -0.39 is 0 Å². The van der Waals surface area contributed by atoms with Crippen LogP contribution < -0.4 is 5.73 Å². The summed E-state index contributed by atoms with van der Waals surface area (Å²) in [5.74, 6) is 0.812. The van der Waals surface area contributed by atoms with Gasteiger partial charge in [0.1, 0.15) is 0 Å². The van der Waals surface area contributed by atoms with Gasteiger partial charge in [0.2, 0.25) is 0 Å². The van der Waals surface area contributed by atoms with Crippen molar-refractivity contribution in [2.45, 2.75) is 37.3 Å². The first kappa shape index (κ1) is 13.8. The molecule has 0 amide bonds. The molecule has 0 saturated carbocycles. The smallest absolute Gasteiger partial charge is 0.0385 e. The lowest BCUT2D eigenvalue weighted by molar-refractivity contribution is -0.0237. The van der Waals surface area contributed by atoms with E-state index in [2.05, 4.69) is 28.8 Å². The summed E-state index contributed by atoms with van der Waals surface area (Å²) >= 11 is 0. The average Bonchev–Trinajstić information content (AvgIpc) is 2.84. The molecular formula is C15H30N4. The summed E-state index contributed by atoms with van der Waals surface area (Å²) in [6, 6.07) is 0.719. The van der Waals surface area contributed by atoms with Crippen molar-refractivity contribution in [3.8, 4) is 0 Å². The minimum atomic E-state index is 0.307. The van der Waals surface area contributed by atoms with E-state index in [1.165, 1.54) is 58.4 Å². The van der Waals surface area contributed by atoms with Crippen LogP contribution in [-0.4, -0.2) is 79.6 Å². The van der Waals surface area contributed by atoms with Crippen LogP contribution in [0.15, 0.2) is 0 Å². The first-order chi connectivity index (χ1) is 9.15. The van der Waals surface area contributed by atoms with Gasteiger partial charge in [0.15, 0.2) is 0 Å². The van der Waals surface area contributed by atoms with E-state index >= 15 is 0 Å². The number of fused-ring (bicyclic) bond motifs is 2. The number of likely N-dealkylation sites (tertiary alicyclic amines) is 1. The van der Waals surface area contributed by atoms with Crippen molar-refractivity contribution < 1.29 is 0 Å². The molecule has 110 valence electrons. The minimum absolute atomic E-state index is 0.307. The van der Waals surface area contributed by atoms with Gasteiger partial charge in [-0.1, -0.05) is 0 Å². The lowest BCUT2D eigenvalue weighted by atomic mass is 9.76. The van der Waals surface area contributed by atoms with Crippen molar-refractivity contribution >= 4 is 0 Å². The summed E-state index contributed by atoms with van der Waals surface area (Å²) < 4.78 is 0. The monoisotopic (exact) mass is 266 g/mol. The topological polar surface area (TPSA) is 35.7 Å². The third-order valence-corrected chi connectivity index (χ3v) is 6.00. The van der Waals surface area contributed by atoms with E-state index in [-0.39, 0.29) is 0 Å². The molecule has 3 saturated heterocycles. The molecule has 3 aliphatic heterocycles. The zero-order valence-corrected chi connectivity index (χ0v) is 12.6. The highest BCUT2D eigenvalue weighted by Gasteiger charge is 2.49. The van der Waals surface area contributed by atoms with Gasteiger partial charge >= 0.3 is 0 Å². The second-order valence-corrected chi connectivity index (χ2v) is 7.05. The van der Waals surface area contributed by atoms with Crippen LogP contribution in [0.3, 0.4) is 0 Å². The molecule has 3 heterocycles. The SMILES string of the molecule is CN(C)C1CCCN(C2(CN)CCN3CCC2C3)C1. The van der Waals surface area contributed by atoms with Gasteiger partial charge in [-0.05, 0) is 65.3 Å². The average molecular weight is 266 g/mol. The van der Waals surface area contributed by atoms with Crippen molar-refractivity contribution in [2.24, 2.45) is 11.7 Å². The van der Waals surface area contributed by atoms with Crippen LogP contribution in [-0.2, 0) is 0 Å². The number of hydrogen-bond donors (Lipinski definition) is 1. The molecular weight excluding hydrogens is 236 g/mol. The Hall–Kier alpha value is -0.160. The maximum absolute atomic E-state index is 6.30. The largest absolute Gasteiger partial charge is 0.329 e. The Morgan fingerprint density at radius 2 is 2.00 bits per heavy atom. The molecule has 4 heteroatoms. The molecule has 0 aromatic rings. The highest BCUT2D eigenvalue weighted by Crippen LogP contribution is 2.40. The Morgan fingerprint density at radius 3 is 2.74 bits per heavy atom. The summed E-state index contributed by atoms with van der Waals surface area (Å²) in [7, 11) is 4.45. The fourth-order valence-corrected chi connectivity index (χ4v) is 4.63. The van der Waals surface area contributed by atoms with Crippen LogP contribution in [0.1, 0.15) is 25.7 Å². The van der Waals surface area contributed by atoms with Gasteiger partial charge in [-0.2, -0.15) is 0 Å². The van der Waals surface area contributed by atoms with Gasteiger partial charge < -0.3 is 15.5 Å². The zero-order chi connectivity index (χ0) is 13.5. The number of likely N-dealkylation sites (N-methyl/N-ethyl adjacent to an activating group) is 1. The van der Waals surface area contributed by atoms with Gasteiger partial charge in [-0.15, -0.1) is 0 Å². The van der Waals surface area contributed by atoms with Gasteiger partial charge in [0.25, 0.3) is 0 Å². The van der Waals surface area contributed by atoms with E-state index in [0.29, 0.717) is 5.54 Å². The van der Waals surface area contributed by atoms with Gasteiger partial charge in [-0.3, -0.25) is 4.90 Å². The quantitative estimate of drug-likeness (QED) is 0.804. The Kier molecular flexibility index (Phi) is 3.87. The molecule has 3 fully saturated rings. The van der Waals surface area contributed by atoms with Crippen LogP contribution in [0.2, 0.25) is 0 Å². The van der Waals surface area contributed by atoms with Crippen LogP contribution in [0.4, 0.5) is 0 Å². The van der Waals surface area contributed by atoms with E-state index in [9.17, 15) is 0 Å². The molecule has 4 atom stereocenters. The fourth-order valence-electron chi connectivity index (χ4n) is 4.63. The minimum Gasteiger partial charge on any atom is -0.329 e. The molecule has 2 N–H and O–H groups in total. The van der Waals surface area contributed by atoms with Crippen LogP contribution in [0.25, 0.3) is 0 Å². The third kappa shape index (κ3) is 2.33. The predicted octanol–water partition coefficient (Wildman–Crippen LogP) is 0.436. The number of rotatable bonds is 3. The molecule has 2 bridgehead atoms. The first-order valence-electron chi connectivity index (χ1n) is 7.99. The lowest BCUT2D eigenvalue weighted by Crippen LogP contribution is -2.65. The number of nitrogens with two attached hydrogens (primary N) is 1. The number of nitrogens with zero attached hydrogens (tertiary/aromatic N) is 3. The Balaban J connectivity index is 1.77. The summed E-state index contributed by atoms with van der Waals surface area (Å²) in [5, 5.41) is 0. The van der Waals surface area contributed by atoms with E-state index in [4.69, 9.17) is 5.73 Å². The molecule has 4 nitrogen and oxygen atoms in total. The molecule has 0 aliphatic carbocycles. The third-order valence-electron chi connectivity index (χ3n) is 6.00. The summed E-state index contributed by atoms with van der Waals surface area (Å²) in [4.78, 5) is 7.81. The second kappa shape index (κ2) is 5.32. The predicted molar refractivity (Wildman–Crippen MR) is 79.2 cm³/mol. The van der Waals surface area contributed by atoms with Crippen molar-refractivity contribution in [3.63, 3.8) is 0 Å². The molecule has 0 aromatic heterocycles. The van der Waals surface area contributed by atoms with E-state index in [1.807, 2.05) is 0 Å². The molecule has 0 radical (unpaired) electrons. The molecule has 3 aliphatic rings. The fraction of sp³-hybridized carbons (Fsp3) is 1.00. The highest BCUT2D eigenvalue weighted by molar-refractivity contribution is 5.06. The molecule has 0 aromatic carbocycles. The van der Waals surface area contributed by atoms with Crippen LogP contribution >= 0.6 is 0 Å². The number of hydrogen-bond acceptors (Lipinski definition) is 4. The van der Waals surface area contributed by atoms with Gasteiger partial charge in [-0.25, -0.2) is 0 Å². The molecule has 4 unspecified atom stereocenters. The normalized spacial score (nSPS) is 43.9. The van der Waals surface area contributed by atoms with E-state index in [1.54, 1.807) is 0 Å². The van der Waals surface area contributed by atoms with Crippen molar-refractivity contribution in [2.75, 3.05) is 53.4 Å². The molecule has 19 heavy (non-hydrogen) atoms. The standard InChI is InChI=1S/C15H30N4/c1-17(2)14-4-3-7-19(11-14)15(12-16)6-9-18-8-5-13(15)10-18/h13-14H,3-12,16H2,1-2H3. The molecule has 0 spiro atoms. The van der Waals surface area contributed by atoms with Gasteiger partial charge in [0.05, 0.1) is 0 Å². The zero-order valence-electron chi connectivity index (χ0n) is 12.6. The lowest BCUT2D eigenvalue weighted by Gasteiger charge is -2.53. The van der Waals surface area contributed by atoms with Gasteiger partial charge in [0, 0.05) is 31.2 Å². The molecule has 3 rings (SSSR count). The Morgan fingerprint density at radius 1 is 1.16 bits per heavy atom. The van der Waals surface area contributed by atoms with Crippen molar-refractivity contribution in [1.82, 2.24) is 14.7 Å². The van der Waals surface area contributed by atoms with E-state index in [0.717, 1.165) is 18.5 Å². The van der Waals surface area contributed by atoms with Crippen LogP contribution in [0.5, 0.6) is 0 Å². The van der Waals surface area contributed by atoms with Crippen molar-refractivity contribution in [3.05, 3.63) is 0 Å². The van der Waals surface area contributed by atoms with Crippen molar-refractivity contribution in [1.29, 1.82) is 0 Å². The summed E-state index contributed by atoms with van der Waals surface area (Å²) in [6.45, 7) is 7.19. The summed E-state index contributed by atoms with van der Waals surface area (Å²) in [6.07, 6.45) is 5.33.